The van der Waals surface area contributed by atoms with Gasteiger partial charge in [-0.05, 0) is 62.1 Å². The third-order valence-corrected chi connectivity index (χ3v) is 8.57. The van der Waals surface area contributed by atoms with Crippen LogP contribution in [0.3, 0.4) is 0 Å². The molecule has 5 nitrogen and oxygen atoms in total. The van der Waals surface area contributed by atoms with Crippen molar-refractivity contribution in [3.63, 3.8) is 0 Å². The number of pyridine rings is 1. The van der Waals surface area contributed by atoms with Crippen LogP contribution in [0.5, 0.6) is 0 Å². The van der Waals surface area contributed by atoms with Gasteiger partial charge in [-0.1, -0.05) is 39.8 Å². The van der Waals surface area contributed by atoms with Crippen LogP contribution >= 0.6 is 27.7 Å². The maximum Gasteiger partial charge on any atom is 0.433 e. The minimum atomic E-state index is -4.46. The van der Waals surface area contributed by atoms with Crippen LogP contribution in [-0.4, -0.2) is 50.0 Å². The van der Waals surface area contributed by atoms with Gasteiger partial charge in [-0.25, -0.2) is 4.98 Å². The SMILES string of the molecule is Cc1nc(C(F)(F)F)ccc1-c1nnc(SCCCN2C[C@H]3CC3(c3ccc(Br)cc3)C2)n1C. The summed E-state index contributed by atoms with van der Waals surface area (Å²) in [5, 5.41) is 9.23. The summed E-state index contributed by atoms with van der Waals surface area (Å²) in [6, 6.07) is 11.2. The van der Waals surface area contributed by atoms with Crippen molar-refractivity contribution in [3.8, 4) is 11.4 Å². The van der Waals surface area contributed by atoms with Crippen LogP contribution in [0.1, 0.15) is 29.8 Å². The first-order valence-electron chi connectivity index (χ1n) is 11.2. The zero-order valence-electron chi connectivity index (χ0n) is 18.9. The second-order valence-corrected chi connectivity index (χ2v) is 11.2. The molecule has 2 atom stereocenters. The number of fused-ring (bicyclic) bond motifs is 1. The van der Waals surface area contributed by atoms with Crippen LogP contribution in [0, 0.1) is 12.8 Å². The van der Waals surface area contributed by atoms with Crippen LogP contribution in [0.4, 0.5) is 13.2 Å². The van der Waals surface area contributed by atoms with Crippen LogP contribution < -0.4 is 0 Å². The van der Waals surface area contributed by atoms with Crippen molar-refractivity contribution in [1.29, 1.82) is 0 Å². The van der Waals surface area contributed by atoms with Crippen molar-refractivity contribution in [2.75, 3.05) is 25.4 Å². The van der Waals surface area contributed by atoms with Gasteiger partial charge in [-0.3, -0.25) is 0 Å². The van der Waals surface area contributed by atoms with E-state index in [0.29, 0.717) is 16.8 Å². The van der Waals surface area contributed by atoms with E-state index in [-0.39, 0.29) is 5.69 Å². The number of alkyl halides is 3. The zero-order valence-corrected chi connectivity index (χ0v) is 21.3. The Morgan fingerprint density at radius 1 is 1.15 bits per heavy atom. The van der Waals surface area contributed by atoms with Crippen molar-refractivity contribution in [3.05, 3.63) is 57.8 Å². The number of piperidine rings is 1. The summed E-state index contributed by atoms with van der Waals surface area (Å²) < 4.78 is 41.7. The summed E-state index contributed by atoms with van der Waals surface area (Å²) in [7, 11) is 1.84. The quantitative estimate of drug-likeness (QED) is 0.277. The van der Waals surface area contributed by atoms with E-state index in [9.17, 15) is 13.2 Å². The maximum absolute atomic E-state index is 12.9. The zero-order chi connectivity index (χ0) is 24.1. The highest BCUT2D eigenvalue weighted by Gasteiger charge is 2.60. The molecule has 1 saturated carbocycles. The molecule has 2 aromatic heterocycles. The third kappa shape index (κ3) is 4.52. The highest BCUT2D eigenvalue weighted by atomic mass is 79.9. The molecule has 1 aromatic carbocycles. The number of rotatable bonds is 7. The Bertz CT molecular complexity index is 1200. The van der Waals surface area contributed by atoms with Gasteiger partial charge in [0.15, 0.2) is 11.0 Å². The number of aromatic nitrogens is 4. The summed E-state index contributed by atoms with van der Waals surface area (Å²) in [5.74, 6) is 2.20. The van der Waals surface area contributed by atoms with Crippen LogP contribution in [0.15, 0.2) is 46.0 Å². The van der Waals surface area contributed by atoms with Crippen LogP contribution in [0.25, 0.3) is 11.4 Å². The molecule has 2 fully saturated rings. The normalized spacial score (nSPS) is 22.2. The van der Waals surface area contributed by atoms with Gasteiger partial charge in [0.1, 0.15) is 5.69 Å². The predicted molar refractivity (Wildman–Crippen MR) is 130 cm³/mol. The molecule has 2 aliphatic rings. The Hall–Kier alpha value is -1.91. The van der Waals surface area contributed by atoms with Gasteiger partial charge >= 0.3 is 6.18 Å². The summed E-state index contributed by atoms with van der Waals surface area (Å²) in [5.41, 5.74) is 1.75. The Balaban J connectivity index is 1.15. The van der Waals surface area contributed by atoms with E-state index in [1.807, 2.05) is 11.6 Å². The molecular formula is C24H25BrF3N5S. The predicted octanol–water partition coefficient (Wildman–Crippen LogP) is 5.72. The second-order valence-electron chi connectivity index (χ2n) is 9.19. The number of thioether (sulfide) groups is 1. The summed E-state index contributed by atoms with van der Waals surface area (Å²) in [6.07, 6.45) is -2.13. The van der Waals surface area contributed by atoms with E-state index in [4.69, 9.17) is 0 Å². The highest BCUT2D eigenvalue weighted by molar-refractivity contribution is 9.10. The van der Waals surface area contributed by atoms with Crippen molar-refractivity contribution in [2.24, 2.45) is 13.0 Å². The molecule has 0 radical (unpaired) electrons. The first kappa shape index (κ1) is 23.8. The molecule has 10 heteroatoms. The van der Waals surface area contributed by atoms with Crippen LogP contribution in [-0.2, 0) is 18.6 Å². The third-order valence-electron chi connectivity index (χ3n) is 6.94. The number of aryl methyl sites for hydroxylation is 1. The smallest absolute Gasteiger partial charge is 0.305 e. The maximum atomic E-state index is 12.9. The fourth-order valence-corrected chi connectivity index (χ4v) is 6.17. The molecule has 0 amide bonds. The Labute approximate surface area is 209 Å². The lowest BCUT2D eigenvalue weighted by Gasteiger charge is -2.21. The van der Waals surface area contributed by atoms with Gasteiger partial charge in [0, 0.05) is 47.0 Å². The van der Waals surface area contributed by atoms with Crippen molar-refractivity contribution in [2.45, 2.75) is 36.5 Å². The number of likely N-dealkylation sites (tertiary alicyclic amines) is 1. The largest absolute Gasteiger partial charge is 0.433 e. The minimum absolute atomic E-state index is 0.286. The Morgan fingerprint density at radius 2 is 1.91 bits per heavy atom. The molecule has 1 aliphatic heterocycles. The lowest BCUT2D eigenvalue weighted by molar-refractivity contribution is -0.141. The molecule has 1 unspecified atom stereocenters. The Kier molecular flexibility index (Phi) is 6.27. The Morgan fingerprint density at radius 3 is 2.62 bits per heavy atom. The molecule has 34 heavy (non-hydrogen) atoms. The molecule has 180 valence electrons. The lowest BCUT2D eigenvalue weighted by atomic mass is 9.95. The number of benzene rings is 1. The van der Waals surface area contributed by atoms with E-state index < -0.39 is 11.9 Å². The van der Waals surface area contributed by atoms with E-state index in [0.717, 1.165) is 53.4 Å². The molecular weight excluding hydrogens is 527 g/mol. The molecule has 5 rings (SSSR count). The van der Waals surface area contributed by atoms with Crippen molar-refractivity contribution in [1.82, 2.24) is 24.6 Å². The lowest BCUT2D eigenvalue weighted by Crippen LogP contribution is -2.27. The van der Waals surface area contributed by atoms with Gasteiger partial charge < -0.3 is 9.47 Å². The van der Waals surface area contributed by atoms with Gasteiger partial charge in [0.05, 0.1) is 0 Å². The molecule has 3 aromatic rings. The van der Waals surface area contributed by atoms with Gasteiger partial charge in [0.25, 0.3) is 0 Å². The van der Waals surface area contributed by atoms with Gasteiger partial charge in [-0.2, -0.15) is 13.2 Å². The first-order chi connectivity index (χ1) is 16.2. The summed E-state index contributed by atoms with van der Waals surface area (Å²) in [6.45, 7) is 4.90. The standard InChI is InChI=1S/C24H25BrF3N5S/c1-15-19(8-9-20(29-15)24(26,27)28)21-30-31-22(32(21)2)34-11-3-10-33-13-17-12-23(17,14-33)16-4-6-18(25)7-5-16/h4-9,17H,3,10-14H2,1-2H3/t17-,23?/m1/s1. The van der Waals surface area contributed by atoms with E-state index in [2.05, 4.69) is 60.3 Å². The summed E-state index contributed by atoms with van der Waals surface area (Å²) in [4.78, 5) is 6.28. The number of nitrogens with zero attached hydrogens (tertiary/aromatic N) is 5. The van der Waals surface area contributed by atoms with Gasteiger partial charge in [0.2, 0.25) is 0 Å². The van der Waals surface area contributed by atoms with Crippen molar-refractivity contribution >= 4 is 27.7 Å². The van der Waals surface area contributed by atoms with E-state index in [1.165, 1.54) is 18.1 Å². The fourth-order valence-electron chi connectivity index (χ4n) is 5.07. The molecule has 1 aliphatic carbocycles. The van der Waals surface area contributed by atoms with E-state index in [1.54, 1.807) is 18.7 Å². The highest BCUT2D eigenvalue weighted by Crippen LogP contribution is 2.59. The molecule has 0 spiro atoms. The van der Waals surface area contributed by atoms with E-state index >= 15 is 0 Å². The van der Waals surface area contributed by atoms with Gasteiger partial charge in [-0.15, -0.1) is 10.2 Å². The van der Waals surface area contributed by atoms with Crippen LogP contribution in [0.2, 0.25) is 0 Å². The number of halogens is 4. The molecule has 0 bridgehead atoms. The average molecular weight is 552 g/mol. The number of hydrogen-bond acceptors (Lipinski definition) is 5. The molecule has 3 heterocycles. The molecule has 0 N–H and O–H groups in total. The topological polar surface area (TPSA) is 46.8 Å². The summed E-state index contributed by atoms with van der Waals surface area (Å²) >= 11 is 5.15. The fraction of sp³-hybridized carbons (Fsp3) is 0.458. The second kappa shape index (κ2) is 8.95. The number of hydrogen-bond donors (Lipinski definition) is 0. The molecule has 1 saturated heterocycles. The average Bonchev–Trinajstić information content (AvgIpc) is 3.16. The first-order valence-corrected chi connectivity index (χ1v) is 13.0. The van der Waals surface area contributed by atoms with Crippen molar-refractivity contribution < 1.29 is 13.2 Å². The minimum Gasteiger partial charge on any atom is -0.305 e. The monoisotopic (exact) mass is 551 g/mol.